The van der Waals surface area contributed by atoms with E-state index in [1.54, 1.807) is 0 Å². The van der Waals surface area contributed by atoms with Crippen molar-refractivity contribution in [2.45, 2.75) is 18.9 Å². The molecule has 0 saturated heterocycles. The van der Waals surface area contributed by atoms with E-state index in [2.05, 4.69) is 5.32 Å². The summed E-state index contributed by atoms with van der Waals surface area (Å²) < 4.78 is 0. The Morgan fingerprint density at radius 3 is 2.50 bits per heavy atom. The van der Waals surface area contributed by atoms with Crippen LogP contribution in [0.5, 0.6) is 0 Å². The second kappa shape index (κ2) is 6.88. The first kappa shape index (κ1) is 15.9. The maximum atomic E-state index is 11.7. The molecule has 1 aromatic rings. The maximum Gasteiger partial charge on any atom is 0.337 e. The van der Waals surface area contributed by atoms with Crippen LogP contribution in [0.4, 0.5) is 5.69 Å². The van der Waals surface area contributed by atoms with Crippen LogP contribution in [0.1, 0.15) is 23.2 Å². The van der Waals surface area contributed by atoms with Crippen LogP contribution in [0.15, 0.2) is 18.2 Å². The average molecular weight is 301 g/mol. The quantitative estimate of drug-likeness (QED) is 0.624. The first-order chi connectivity index (χ1) is 9.31. The van der Waals surface area contributed by atoms with Gasteiger partial charge in [0.05, 0.1) is 17.3 Å². The third-order valence-corrected chi connectivity index (χ3v) is 2.71. The molecule has 1 rings (SSSR count). The van der Waals surface area contributed by atoms with Crippen LogP contribution < -0.4 is 11.1 Å². The summed E-state index contributed by atoms with van der Waals surface area (Å²) in [7, 11) is 0. The van der Waals surface area contributed by atoms with E-state index in [0.717, 1.165) is 0 Å². The fourth-order valence-electron chi connectivity index (χ4n) is 1.44. The number of aromatic carboxylic acids is 1. The van der Waals surface area contributed by atoms with E-state index in [9.17, 15) is 14.4 Å². The monoisotopic (exact) mass is 300 g/mol. The molecular formula is C12H13ClN2O5. The Morgan fingerprint density at radius 2 is 1.95 bits per heavy atom. The van der Waals surface area contributed by atoms with Crippen LogP contribution in [0.25, 0.3) is 0 Å². The number of halogens is 1. The summed E-state index contributed by atoms with van der Waals surface area (Å²) in [6, 6.07) is 2.92. The van der Waals surface area contributed by atoms with Crippen LogP contribution >= 0.6 is 11.6 Å². The molecule has 0 aliphatic heterocycles. The molecule has 20 heavy (non-hydrogen) atoms. The van der Waals surface area contributed by atoms with E-state index in [-0.39, 0.29) is 29.1 Å². The molecule has 0 saturated carbocycles. The second-order valence-corrected chi connectivity index (χ2v) is 4.46. The van der Waals surface area contributed by atoms with E-state index in [1.807, 2.05) is 0 Å². The van der Waals surface area contributed by atoms with Crippen molar-refractivity contribution in [3.8, 4) is 0 Å². The molecule has 1 amide bonds. The normalized spacial score (nSPS) is 11.7. The van der Waals surface area contributed by atoms with Crippen molar-refractivity contribution < 1.29 is 24.6 Å². The number of nitrogens with two attached hydrogens (primary N) is 1. The van der Waals surface area contributed by atoms with Crippen LogP contribution in [-0.4, -0.2) is 34.1 Å². The van der Waals surface area contributed by atoms with E-state index in [4.69, 9.17) is 27.5 Å². The van der Waals surface area contributed by atoms with Gasteiger partial charge in [0, 0.05) is 11.4 Å². The van der Waals surface area contributed by atoms with Crippen molar-refractivity contribution in [2.24, 2.45) is 5.73 Å². The number of benzene rings is 1. The topological polar surface area (TPSA) is 130 Å². The molecule has 8 heteroatoms. The lowest BCUT2D eigenvalue weighted by atomic mass is 10.1. The van der Waals surface area contributed by atoms with Gasteiger partial charge in [-0.2, -0.15) is 0 Å². The highest BCUT2D eigenvalue weighted by Crippen LogP contribution is 2.21. The number of carboxylic acids is 2. The Morgan fingerprint density at radius 1 is 1.30 bits per heavy atom. The maximum absolute atomic E-state index is 11.7. The molecule has 0 fully saturated rings. The van der Waals surface area contributed by atoms with Gasteiger partial charge in [-0.25, -0.2) is 4.79 Å². The van der Waals surface area contributed by atoms with Gasteiger partial charge in [0.1, 0.15) is 0 Å². The molecule has 0 radical (unpaired) electrons. The molecule has 1 aromatic carbocycles. The van der Waals surface area contributed by atoms with Gasteiger partial charge in [-0.1, -0.05) is 11.6 Å². The van der Waals surface area contributed by atoms with Crippen molar-refractivity contribution in [2.75, 3.05) is 5.32 Å². The molecule has 0 aromatic heterocycles. The first-order valence-corrected chi connectivity index (χ1v) is 6.00. The lowest BCUT2D eigenvalue weighted by Crippen LogP contribution is -2.36. The Labute approximate surface area is 119 Å². The fraction of sp³-hybridized carbons (Fsp3) is 0.250. The highest BCUT2D eigenvalue weighted by Gasteiger charge is 2.18. The third-order valence-electron chi connectivity index (χ3n) is 2.48. The lowest BCUT2D eigenvalue weighted by molar-refractivity contribution is -0.137. The summed E-state index contributed by atoms with van der Waals surface area (Å²) in [5.74, 6) is -2.97. The minimum absolute atomic E-state index is 0.0445. The number of carbonyl (C=O) groups excluding carboxylic acids is 1. The highest BCUT2D eigenvalue weighted by atomic mass is 35.5. The SMILES string of the molecule is NC(CCC(=O)O)C(=O)Nc1ccc(Cl)cc1C(=O)O. The first-order valence-electron chi connectivity index (χ1n) is 5.62. The zero-order valence-electron chi connectivity index (χ0n) is 10.3. The van der Waals surface area contributed by atoms with E-state index in [1.165, 1.54) is 18.2 Å². The van der Waals surface area contributed by atoms with Crippen LogP contribution in [-0.2, 0) is 9.59 Å². The largest absolute Gasteiger partial charge is 0.481 e. The number of aliphatic carboxylic acids is 1. The smallest absolute Gasteiger partial charge is 0.337 e. The van der Waals surface area contributed by atoms with Gasteiger partial charge in [0.2, 0.25) is 5.91 Å². The van der Waals surface area contributed by atoms with Gasteiger partial charge in [-0.05, 0) is 24.6 Å². The number of rotatable bonds is 6. The Hall–Kier alpha value is -2.12. The molecule has 7 nitrogen and oxygen atoms in total. The predicted molar refractivity (Wildman–Crippen MR) is 71.9 cm³/mol. The van der Waals surface area contributed by atoms with Gasteiger partial charge in [-0.3, -0.25) is 9.59 Å². The summed E-state index contributed by atoms with van der Waals surface area (Å²) in [6.45, 7) is 0. The van der Waals surface area contributed by atoms with Crippen molar-refractivity contribution in [1.82, 2.24) is 0 Å². The van der Waals surface area contributed by atoms with Crippen molar-refractivity contribution in [3.05, 3.63) is 28.8 Å². The number of carboxylic acid groups (broad SMARTS) is 2. The van der Waals surface area contributed by atoms with E-state index in [0.29, 0.717) is 0 Å². The summed E-state index contributed by atoms with van der Waals surface area (Å²) >= 11 is 5.68. The van der Waals surface area contributed by atoms with Gasteiger partial charge in [0.15, 0.2) is 0 Å². The Kier molecular flexibility index (Phi) is 5.48. The number of hydrogen-bond acceptors (Lipinski definition) is 4. The number of carbonyl (C=O) groups is 3. The molecule has 0 aliphatic rings. The second-order valence-electron chi connectivity index (χ2n) is 4.02. The number of amides is 1. The molecule has 0 bridgehead atoms. The van der Waals surface area contributed by atoms with E-state index >= 15 is 0 Å². The van der Waals surface area contributed by atoms with Crippen LogP contribution in [0.2, 0.25) is 5.02 Å². The zero-order valence-corrected chi connectivity index (χ0v) is 11.1. The Bertz CT molecular complexity index is 547. The molecule has 5 N–H and O–H groups in total. The molecule has 1 unspecified atom stereocenters. The predicted octanol–water partition coefficient (Wildman–Crippen LogP) is 1.17. The van der Waals surface area contributed by atoms with Gasteiger partial charge >= 0.3 is 11.9 Å². The zero-order chi connectivity index (χ0) is 15.3. The average Bonchev–Trinajstić information content (AvgIpc) is 2.37. The van der Waals surface area contributed by atoms with Gasteiger partial charge in [-0.15, -0.1) is 0 Å². The van der Waals surface area contributed by atoms with Crippen molar-refractivity contribution >= 4 is 35.1 Å². The summed E-state index contributed by atoms with van der Waals surface area (Å²) in [6.07, 6.45) is -0.293. The standard InChI is InChI=1S/C12H13ClN2O5/c13-6-1-3-9(7(5-6)12(19)20)15-11(18)8(14)2-4-10(16)17/h1,3,5,8H,2,4,14H2,(H,15,18)(H,16,17)(H,19,20). The summed E-state index contributed by atoms with van der Waals surface area (Å²) in [4.78, 5) is 33.1. The fourth-order valence-corrected chi connectivity index (χ4v) is 1.61. The molecule has 0 heterocycles. The minimum Gasteiger partial charge on any atom is -0.481 e. The van der Waals surface area contributed by atoms with Gasteiger partial charge < -0.3 is 21.3 Å². The van der Waals surface area contributed by atoms with Crippen molar-refractivity contribution in [3.63, 3.8) is 0 Å². The molecule has 1 atom stereocenters. The Balaban J connectivity index is 2.80. The highest BCUT2D eigenvalue weighted by molar-refractivity contribution is 6.31. The third kappa shape index (κ3) is 4.52. The summed E-state index contributed by atoms with van der Waals surface area (Å²) in [5, 5.41) is 20.1. The number of anilines is 1. The number of hydrogen-bond donors (Lipinski definition) is 4. The van der Waals surface area contributed by atoms with Crippen LogP contribution in [0.3, 0.4) is 0 Å². The minimum atomic E-state index is -1.25. The molecule has 108 valence electrons. The van der Waals surface area contributed by atoms with Crippen LogP contribution in [0, 0.1) is 0 Å². The van der Waals surface area contributed by atoms with E-state index < -0.39 is 23.9 Å². The molecular weight excluding hydrogens is 288 g/mol. The molecule has 0 aliphatic carbocycles. The van der Waals surface area contributed by atoms with Crippen molar-refractivity contribution in [1.29, 1.82) is 0 Å². The molecule has 0 spiro atoms. The van der Waals surface area contributed by atoms with Gasteiger partial charge in [0.25, 0.3) is 0 Å². The number of nitrogens with one attached hydrogen (secondary N) is 1. The lowest BCUT2D eigenvalue weighted by Gasteiger charge is -2.13. The summed E-state index contributed by atoms with van der Waals surface area (Å²) in [5.41, 5.74) is 5.40.